The number of carboxylic acids is 1. The predicted octanol–water partition coefficient (Wildman–Crippen LogP) is 0.446. The van der Waals surface area contributed by atoms with E-state index in [2.05, 4.69) is 10.5 Å². The van der Waals surface area contributed by atoms with Crippen LogP contribution in [-0.4, -0.2) is 23.3 Å². The molecule has 0 unspecified atom stereocenters. The number of rotatable bonds is 4. The molecule has 0 amide bonds. The summed E-state index contributed by atoms with van der Waals surface area (Å²) in [6.45, 7) is 4.15. The summed E-state index contributed by atoms with van der Waals surface area (Å²) in [6.07, 6.45) is 0.941. The fraction of sp³-hybridized carbons (Fsp3) is 0.667. The van der Waals surface area contributed by atoms with Crippen LogP contribution in [0.4, 0.5) is 0 Å². The summed E-state index contributed by atoms with van der Waals surface area (Å²) in [7, 11) is 0. The van der Waals surface area contributed by atoms with Gasteiger partial charge in [-0.2, -0.15) is 5.10 Å². The van der Waals surface area contributed by atoms with Gasteiger partial charge in [-0.25, -0.2) is 4.79 Å². The Balaban J connectivity index is 3.58. The van der Waals surface area contributed by atoms with Crippen LogP contribution >= 0.6 is 0 Å². The molecule has 0 atom stereocenters. The molecule has 58 valence electrons. The Kier molecular flexibility index (Phi) is 4.28. The molecule has 10 heavy (non-hydrogen) atoms. The second kappa shape index (κ2) is 4.78. The van der Waals surface area contributed by atoms with Crippen LogP contribution in [0.5, 0.6) is 0 Å². The highest BCUT2D eigenvalue weighted by Crippen LogP contribution is 1.75. The van der Waals surface area contributed by atoms with Crippen molar-refractivity contribution in [3.63, 3.8) is 0 Å². The van der Waals surface area contributed by atoms with Gasteiger partial charge in [0.05, 0.1) is 0 Å². The van der Waals surface area contributed by atoms with Gasteiger partial charge < -0.3 is 10.5 Å². The number of carbonyl (C=O) groups is 1. The highest BCUT2D eigenvalue weighted by Gasteiger charge is 1.98. The summed E-state index contributed by atoms with van der Waals surface area (Å²) < 4.78 is 0. The molecule has 0 saturated heterocycles. The quantitative estimate of drug-likeness (QED) is 0.342. The number of nitrogens with one attached hydrogen (secondary N) is 1. The van der Waals surface area contributed by atoms with E-state index in [1.54, 1.807) is 0 Å². The summed E-state index contributed by atoms with van der Waals surface area (Å²) in [6, 6.07) is 0. The Morgan fingerprint density at radius 1 is 1.70 bits per heavy atom. The molecular formula is C6H12N2O2. The lowest BCUT2D eigenvalue weighted by Crippen LogP contribution is -2.15. The first-order valence-corrected chi connectivity index (χ1v) is 3.19. The average molecular weight is 144 g/mol. The molecule has 0 spiro atoms. The van der Waals surface area contributed by atoms with E-state index >= 15 is 0 Å². The van der Waals surface area contributed by atoms with Gasteiger partial charge in [-0.1, -0.05) is 6.92 Å². The van der Waals surface area contributed by atoms with Crippen molar-refractivity contribution in [3.05, 3.63) is 0 Å². The highest BCUT2D eigenvalue weighted by molar-refractivity contribution is 6.34. The van der Waals surface area contributed by atoms with E-state index in [1.165, 1.54) is 6.92 Å². The molecule has 0 rings (SSSR count). The monoisotopic (exact) mass is 144 g/mol. The minimum absolute atomic E-state index is 0.0912. The largest absolute Gasteiger partial charge is 0.477 e. The van der Waals surface area contributed by atoms with Crippen LogP contribution in [0, 0.1) is 0 Å². The van der Waals surface area contributed by atoms with Crippen LogP contribution in [0.25, 0.3) is 0 Å². The van der Waals surface area contributed by atoms with E-state index < -0.39 is 5.97 Å². The fourth-order valence-corrected chi connectivity index (χ4v) is 0.334. The Hall–Kier alpha value is -1.06. The zero-order valence-electron chi connectivity index (χ0n) is 6.22. The van der Waals surface area contributed by atoms with E-state index in [-0.39, 0.29) is 5.71 Å². The van der Waals surface area contributed by atoms with Crippen molar-refractivity contribution in [2.75, 3.05) is 6.54 Å². The molecule has 0 aromatic heterocycles. The fourth-order valence-electron chi connectivity index (χ4n) is 0.334. The van der Waals surface area contributed by atoms with Gasteiger partial charge in [0, 0.05) is 6.54 Å². The predicted molar refractivity (Wildman–Crippen MR) is 39.0 cm³/mol. The Labute approximate surface area is 59.9 Å². The Bertz CT molecular complexity index is 143. The van der Waals surface area contributed by atoms with Gasteiger partial charge in [-0.3, -0.25) is 0 Å². The second-order valence-corrected chi connectivity index (χ2v) is 1.91. The third kappa shape index (κ3) is 3.88. The summed E-state index contributed by atoms with van der Waals surface area (Å²) in [5.74, 6) is -0.983. The minimum atomic E-state index is -0.983. The molecule has 2 N–H and O–H groups in total. The van der Waals surface area contributed by atoms with Gasteiger partial charge in [0.15, 0.2) is 0 Å². The lowest BCUT2D eigenvalue weighted by atomic mass is 10.4. The van der Waals surface area contributed by atoms with Crippen molar-refractivity contribution in [3.8, 4) is 0 Å². The molecule has 0 aromatic rings. The van der Waals surface area contributed by atoms with Crippen LogP contribution in [0.3, 0.4) is 0 Å². The van der Waals surface area contributed by atoms with Crippen LogP contribution < -0.4 is 5.43 Å². The third-order valence-electron chi connectivity index (χ3n) is 0.918. The topological polar surface area (TPSA) is 61.7 Å². The first-order chi connectivity index (χ1) is 4.68. The van der Waals surface area contributed by atoms with Gasteiger partial charge in [0.25, 0.3) is 0 Å². The number of nitrogens with zero attached hydrogens (tertiary/aromatic N) is 1. The van der Waals surface area contributed by atoms with E-state index in [0.29, 0.717) is 6.54 Å². The normalized spacial score (nSPS) is 11.2. The number of hydrazone groups is 1. The minimum Gasteiger partial charge on any atom is -0.477 e. The van der Waals surface area contributed by atoms with E-state index in [4.69, 9.17) is 5.11 Å². The van der Waals surface area contributed by atoms with Crippen molar-refractivity contribution in [2.45, 2.75) is 20.3 Å². The molecule has 0 aliphatic carbocycles. The van der Waals surface area contributed by atoms with Crippen LogP contribution in [0.15, 0.2) is 5.10 Å². The van der Waals surface area contributed by atoms with Crippen molar-refractivity contribution in [1.29, 1.82) is 0 Å². The maximum atomic E-state index is 10.1. The summed E-state index contributed by atoms with van der Waals surface area (Å²) >= 11 is 0. The van der Waals surface area contributed by atoms with Crippen molar-refractivity contribution >= 4 is 11.7 Å². The molecule has 0 saturated carbocycles. The van der Waals surface area contributed by atoms with E-state index in [0.717, 1.165) is 6.42 Å². The third-order valence-corrected chi connectivity index (χ3v) is 0.918. The number of aliphatic carboxylic acids is 1. The number of carboxylic acid groups (broad SMARTS) is 1. The maximum Gasteiger partial charge on any atom is 0.351 e. The van der Waals surface area contributed by atoms with Crippen molar-refractivity contribution in [1.82, 2.24) is 5.43 Å². The maximum absolute atomic E-state index is 10.1. The highest BCUT2D eigenvalue weighted by atomic mass is 16.4. The van der Waals surface area contributed by atoms with Gasteiger partial charge in [0.1, 0.15) is 5.71 Å². The lowest BCUT2D eigenvalue weighted by Gasteiger charge is -1.95. The van der Waals surface area contributed by atoms with Crippen LogP contribution in [0.2, 0.25) is 0 Å². The SMILES string of the molecule is CCCN/N=C(\C)C(=O)O. The molecule has 0 bridgehead atoms. The van der Waals surface area contributed by atoms with Gasteiger partial charge in [-0.05, 0) is 13.3 Å². The lowest BCUT2D eigenvalue weighted by molar-refractivity contribution is -0.129. The summed E-state index contributed by atoms with van der Waals surface area (Å²) in [5.41, 5.74) is 2.71. The molecule has 0 radical (unpaired) electrons. The van der Waals surface area contributed by atoms with Crippen LogP contribution in [-0.2, 0) is 4.79 Å². The Morgan fingerprint density at radius 2 is 2.30 bits per heavy atom. The molecule has 0 aliphatic rings. The molecule has 0 heterocycles. The Morgan fingerprint density at radius 3 is 2.70 bits per heavy atom. The van der Waals surface area contributed by atoms with E-state index in [1.807, 2.05) is 6.92 Å². The molecule has 0 aromatic carbocycles. The van der Waals surface area contributed by atoms with Crippen molar-refractivity contribution in [2.24, 2.45) is 5.10 Å². The first-order valence-electron chi connectivity index (χ1n) is 3.19. The zero-order valence-corrected chi connectivity index (χ0v) is 6.22. The molecular weight excluding hydrogens is 132 g/mol. The smallest absolute Gasteiger partial charge is 0.351 e. The van der Waals surface area contributed by atoms with Gasteiger partial charge in [0.2, 0.25) is 0 Å². The van der Waals surface area contributed by atoms with Gasteiger partial charge in [-0.15, -0.1) is 0 Å². The number of hydrogen-bond donors (Lipinski definition) is 2. The summed E-state index contributed by atoms with van der Waals surface area (Å²) in [5, 5.41) is 11.9. The molecule has 0 aliphatic heterocycles. The summed E-state index contributed by atoms with van der Waals surface area (Å²) in [4.78, 5) is 10.1. The molecule has 4 nitrogen and oxygen atoms in total. The van der Waals surface area contributed by atoms with Gasteiger partial charge >= 0.3 is 5.97 Å². The zero-order chi connectivity index (χ0) is 7.98. The molecule has 0 fully saturated rings. The van der Waals surface area contributed by atoms with Crippen molar-refractivity contribution < 1.29 is 9.90 Å². The van der Waals surface area contributed by atoms with Crippen LogP contribution in [0.1, 0.15) is 20.3 Å². The van der Waals surface area contributed by atoms with E-state index in [9.17, 15) is 4.79 Å². The first kappa shape index (κ1) is 8.94. The number of hydrogen-bond acceptors (Lipinski definition) is 3. The average Bonchev–Trinajstić information content (AvgIpc) is 1.88. The standard InChI is InChI=1S/C6H12N2O2/c1-3-4-7-8-5(2)6(9)10/h7H,3-4H2,1-2H3,(H,9,10)/b8-5+. The second-order valence-electron chi connectivity index (χ2n) is 1.91. The molecule has 4 heteroatoms.